The molecule has 0 saturated carbocycles. The summed E-state index contributed by atoms with van der Waals surface area (Å²) in [6, 6.07) is -14.4. The van der Waals surface area contributed by atoms with Crippen LogP contribution in [-0.2, 0) is 47.9 Å². The summed E-state index contributed by atoms with van der Waals surface area (Å²) in [6.45, 7) is 1.63. The Hall–Kier alpha value is -7.73. The van der Waals surface area contributed by atoms with Crippen molar-refractivity contribution in [3.63, 3.8) is 0 Å². The number of hydrogen-bond donors (Lipinski definition) is 22. The van der Waals surface area contributed by atoms with E-state index in [0.29, 0.717) is 25.7 Å². The van der Waals surface area contributed by atoms with Gasteiger partial charge in [-0.3, -0.25) is 58.1 Å². The zero-order chi connectivity index (χ0) is 61.1. The lowest BCUT2D eigenvalue weighted by Crippen LogP contribution is -2.62. The van der Waals surface area contributed by atoms with Crippen molar-refractivity contribution in [1.29, 1.82) is 0 Å². The number of unbranched alkanes of at least 4 members (excludes halogenated alkanes) is 2. The first-order valence-electron chi connectivity index (χ1n) is 25.8. The van der Waals surface area contributed by atoms with Gasteiger partial charge in [0.15, 0.2) is 17.9 Å². The molecule has 35 nitrogen and oxygen atoms in total. The molecule has 11 unspecified atom stereocenters. The highest BCUT2D eigenvalue weighted by Crippen LogP contribution is 2.10. The number of amides is 9. The summed E-state index contributed by atoms with van der Waals surface area (Å²) in [5.41, 5.74) is 54.8. The van der Waals surface area contributed by atoms with Gasteiger partial charge in [-0.2, -0.15) is 0 Å². The van der Waals surface area contributed by atoms with E-state index in [0.717, 1.165) is 6.92 Å². The number of aliphatic hydroxyl groups excluding tert-OH is 3. The van der Waals surface area contributed by atoms with Gasteiger partial charge in [0.2, 0.25) is 53.2 Å². The molecule has 32 N–H and O–H groups in total. The Morgan fingerprint density at radius 2 is 0.725 bits per heavy atom. The van der Waals surface area contributed by atoms with Gasteiger partial charge in [-0.1, -0.05) is 0 Å². The van der Waals surface area contributed by atoms with Gasteiger partial charge in [-0.15, -0.1) is 0 Å². The number of nitrogens with zero attached hydrogens (tertiary/aromatic N) is 3. The summed E-state index contributed by atoms with van der Waals surface area (Å²) in [6.07, 6.45) is -2.76. The number of aliphatic hydroxyl groups is 3. The van der Waals surface area contributed by atoms with Crippen LogP contribution in [0.5, 0.6) is 0 Å². The number of aliphatic carboxylic acids is 1. The lowest BCUT2D eigenvalue weighted by molar-refractivity contribution is -0.143. The molecule has 0 heterocycles. The van der Waals surface area contributed by atoms with Crippen molar-refractivity contribution in [1.82, 2.24) is 42.5 Å². The van der Waals surface area contributed by atoms with E-state index in [9.17, 15) is 68.4 Å². The Morgan fingerprint density at radius 1 is 0.412 bits per heavy atom. The molecule has 456 valence electrons. The van der Waals surface area contributed by atoms with E-state index in [1.807, 2.05) is 0 Å². The quantitative estimate of drug-likeness (QED) is 0.0153. The van der Waals surface area contributed by atoms with Gasteiger partial charge < -0.3 is 120 Å². The third kappa shape index (κ3) is 30.4. The number of hydrogen-bond acceptors (Lipinski definition) is 19. The van der Waals surface area contributed by atoms with E-state index < -0.39 is 139 Å². The van der Waals surface area contributed by atoms with E-state index in [4.69, 9.17) is 57.3 Å². The monoisotopic (exact) mass is 1150 g/mol. The summed E-state index contributed by atoms with van der Waals surface area (Å²) < 4.78 is 0. The first-order valence-corrected chi connectivity index (χ1v) is 25.8. The van der Waals surface area contributed by atoms with Crippen molar-refractivity contribution in [3.05, 3.63) is 0 Å². The molecule has 0 aliphatic carbocycles. The number of carboxylic acid groups (broad SMARTS) is 1. The van der Waals surface area contributed by atoms with Crippen LogP contribution < -0.4 is 99.9 Å². The van der Waals surface area contributed by atoms with Gasteiger partial charge in [-0.25, -0.2) is 4.79 Å². The summed E-state index contributed by atoms with van der Waals surface area (Å²) >= 11 is 0. The number of carboxylic acids is 1. The van der Waals surface area contributed by atoms with Crippen LogP contribution in [0.1, 0.15) is 97.3 Å². The maximum absolute atomic E-state index is 14.1. The van der Waals surface area contributed by atoms with Crippen LogP contribution in [0.3, 0.4) is 0 Å². The Bertz CT molecular complexity index is 2100. The van der Waals surface area contributed by atoms with Gasteiger partial charge in [0.25, 0.3) is 0 Å². The van der Waals surface area contributed by atoms with Crippen LogP contribution in [0, 0.1) is 0 Å². The molecule has 0 aliphatic heterocycles. The van der Waals surface area contributed by atoms with Crippen LogP contribution in [0.25, 0.3) is 0 Å². The molecule has 0 spiro atoms. The minimum Gasteiger partial charge on any atom is -0.480 e. The molecule has 35 heteroatoms. The zero-order valence-electron chi connectivity index (χ0n) is 45.3. The van der Waals surface area contributed by atoms with Gasteiger partial charge in [0.1, 0.15) is 48.3 Å². The van der Waals surface area contributed by atoms with Gasteiger partial charge in [0, 0.05) is 19.6 Å². The van der Waals surface area contributed by atoms with Crippen LogP contribution in [0.15, 0.2) is 15.0 Å². The van der Waals surface area contributed by atoms with Crippen LogP contribution >= 0.6 is 0 Å². The van der Waals surface area contributed by atoms with E-state index in [1.54, 1.807) is 0 Å². The summed E-state index contributed by atoms with van der Waals surface area (Å²) in [5.74, 6) is -11.9. The fourth-order valence-electron chi connectivity index (χ4n) is 7.25. The van der Waals surface area contributed by atoms with E-state index >= 15 is 0 Å². The highest BCUT2D eigenvalue weighted by atomic mass is 16.4. The molecular weight excluding hydrogens is 1060 g/mol. The minimum atomic E-state index is -1.97. The average Bonchev–Trinajstić information content (AvgIpc) is 3.37. The smallest absolute Gasteiger partial charge is 0.326 e. The highest BCUT2D eigenvalue weighted by Gasteiger charge is 2.37. The molecule has 0 rings (SSSR count). The molecule has 0 aromatic heterocycles. The van der Waals surface area contributed by atoms with Crippen molar-refractivity contribution in [2.75, 3.05) is 39.3 Å². The molecule has 0 aromatic rings. The Labute approximate surface area is 462 Å². The zero-order valence-corrected chi connectivity index (χ0v) is 45.3. The lowest BCUT2D eigenvalue weighted by atomic mass is 10.0. The van der Waals surface area contributed by atoms with E-state index in [2.05, 4.69) is 57.5 Å². The Kier molecular flexibility index (Phi) is 35.8. The summed E-state index contributed by atoms with van der Waals surface area (Å²) in [5, 5.41) is 60.0. The second-order valence-electron chi connectivity index (χ2n) is 18.5. The fourth-order valence-corrected chi connectivity index (χ4v) is 7.25. The topological polar surface area (TPSA) is 645 Å². The summed E-state index contributed by atoms with van der Waals surface area (Å²) in [4.78, 5) is 144. The van der Waals surface area contributed by atoms with Gasteiger partial charge >= 0.3 is 5.97 Å². The number of primary amides is 1. The number of carbonyl (C=O) groups is 10. The lowest BCUT2D eigenvalue weighted by Gasteiger charge is -2.29. The number of nitrogens with two attached hydrogens (primary N) is 10. The highest BCUT2D eigenvalue weighted by molar-refractivity contribution is 5.99. The van der Waals surface area contributed by atoms with Gasteiger partial charge in [0.05, 0.1) is 31.3 Å². The first-order chi connectivity index (χ1) is 37.6. The van der Waals surface area contributed by atoms with Gasteiger partial charge in [-0.05, 0) is 104 Å². The molecule has 0 aromatic carbocycles. The molecule has 0 radical (unpaired) electrons. The molecule has 80 heavy (non-hydrogen) atoms. The number of carbonyl (C=O) groups excluding carboxylic acids is 9. The van der Waals surface area contributed by atoms with Crippen molar-refractivity contribution in [2.24, 2.45) is 72.3 Å². The van der Waals surface area contributed by atoms with Crippen molar-refractivity contribution in [3.8, 4) is 0 Å². The molecule has 0 fully saturated rings. The maximum atomic E-state index is 14.1. The van der Waals surface area contributed by atoms with Crippen LogP contribution in [0.2, 0.25) is 0 Å². The van der Waals surface area contributed by atoms with Crippen LogP contribution in [-0.4, -0.2) is 203 Å². The average molecular weight is 1150 g/mol. The molecule has 0 aliphatic rings. The third-order valence-electron chi connectivity index (χ3n) is 11.6. The second-order valence-corrected chi connectivity index (χ2v) is 18.5. The minimum absolute atomic E-state index is 0.00168. The van der Waals surface area contributed by atoms with E-state index in [-0.39, 0.29) is 102 Å². The molecular formula is C45H87N21O14. The Balaban J connectivity index is 6.62. The van der Waals surface area contributed by atoms with Crippen molar-refractivity contribution in [2.45, 2.75) is 164 Å². The third-order valence-corrected chi connectivity index (χ3v) is 11.6. The fraction of sp³-hybridized carbons (Fsp3) is 0.711. The first kappa shape index (κ1) is 72.3. The van der Waals surface area contributed by atoms with Crippen molar-refractivity contribution >= 4 is 77.0 Å². The largest absolute Gasteiger partial charge is 0.480 e. The molecule has 11 atom stereocenters. The van der Waals surface area contributed by atoms with E-state index in [1.165, 1.54) is 6.92 Å². The molecule has 0 saturated heterocycles. The Morgan fingerprint density at radius 3 is 1.10 bits per heavy atom. The number of nitrogens with one attached hydrogen (secondary N) is 8. The maximum Gasteiger partial charge on any atom is 0.326 e. The summed E-state index contributed by atoms with van der Waals surface area (Å²) in [7, 11) is 0. The standard InChI is InChI=1S/C45H87N21O14/c1-22(68)32(65-37(74)26(12-4-6-16-47)59-34(71)24(48)10-7-17-56-43(50)51)40(77)61-25(11-3-5-15-46)35(72)60-27(13-8-18-57-44(52)53)36(73)64-30(21-67)39(76)66-33(23(2)69)41(78)63-29(20-31(49)70)38(75)62-28(42(79)80)14-9-19-58-45(54)55/h22-30,32-33,67-69H,3-21,46-48H2,1-2H3,(H2,49,70)(H,59,71)(H,60,72)(H,61,77)(H,62,75)(H,63,78)(H,64,73)(H,65,74)(H,66,76)(H,79,80)(H4,50,51,56)(H4,52,53,57)(H4,54,55,58). The predicted octanol–water partition coefficient (Wildman–Crippen LogP) is -10.7. The molecule has 0 bridgehead atoms. The number of rotatable bonds is 42. The number of guanidine groups is 3. The second kappa shape index (κ2) is 39.6. The number of aliphatic imine (C=N–C) groups is 3. The molecule has 9 amide bonds. The van der Waals surface area contributed by atoms with Crippen LogP contribution in [0.4, 0.5) is 0 Å². The van der Waals surface area contributed by atoms with Crippen molar-refractivity contribution < 1.29 is 68.4 Å². The normalized spacial score (nSPS) is 15.1. The predicted molar refractivity (Wildman–Crippen MR) is 291 cm³/mol. The SMILES string of the molecule is CC(O)C(NC(=O)C(CO)NC(=O)C(CCCN=C(N)N)NC(=O)C(CCCCN)NC(=O)C(NC(=O)C(CCCCN)NC(=O)C(N)CCCN=C(N)N)C(C)O)C(=O)NC(CC(N)=O)C(=O)NC(CCCN=C(N)N)C(=O)O.